The molecule has 0 bridgehead atoms. The predicted molar refractivity (Wildman–Crippen MR) is 108 cm³/mol. The van der Waals surface area contributed by atoms with Crippen molar-refractivity contribution in [3.63, 3.8) is 0 Å². The third-order valence-electron chi connectivity index (χ3n) is 3.61. The Morgan fingerprint density at radius 2 is 2.19 bits per heavy atom. The van der Waals surface area contributed by atoms with Gasteiger partial charge in [0, 0.05) is 13.6 Å². The molecule has 0 atom stereocenters. The highest BCUT2D eigenvalue weighted by Crippen LogP contribution is 2.33. The Labute approximate surface area is 163 Å². The normalized spacial score (nSPS) is 10.7. The number of H-pyrrole nitrogens is 1. The van der Waals surface area contributed by atoms with Crippen LogP contribution in [0.5, 0.6) is 0 Å². The lowest BCUT2D eigenvalue weighted by Gasteiger charge is -2.03. The number of nitrogens with one attached hydrogen (secondary N) is 3. The molecule has 0 unspecified atom stereocenters. The first-order valence-corrected chi connectivity index (χ1v) is 9.65. The first-order chi connectivity index (χ1) is 12.5. The fourth-order valence-electron chi connectivity index (χ4n) is 2.41. The SMILES string of the molecule is C=CCn1c(-c2sc(NC(=O)c3c(C)nsc3NC)nc2C)n[nH]c1=S. The molecule has 3 N–H and O–H groups in total. The van der Waals surface area contributed by atoms with Crippen LogP contribution in [0.1, 0.15) is 21.7 Å². The quantitative estimate of drug-likeness (QED) is 0.426. The Kier molecular flexibility index (Phi) is 5.30. The van der Waals surface area contributed by atoms with Crippen molar-refractivity contribution in [2.45, 2.75) is 20.4 Å². The summed E-state index contributed by atoms with van der Waals surface area (Å²) in [4.78, 5) is 17.9. The molecule has 0 saturated carbocycles. The van der Waals surface area contributed by atoms with Crippen LogP contribution in [0, 0.1) is 18.6 Å². The van der Waals surface area contributed by atoms with Crippen molar-refractivity contribution in [2.75, 3.05) is 17.7 Å². The zero-order valence-corrected chi connectivity index (χ0v) is 16.9. The Morgan fingerprint density at radius 3 is 2.88 bits per heavy atom. The maximum Gasteiger partial charge on any atom is 0.262 e. The number of carbonyl (C=O) groups is 1. The van der Waals surface area contributed by atoms with Gasteiger partial charge in [-0.05, 0) is 37.6 Å². The number of aromatic amines is 1. The highest BCUT2D eigenvalue weighted by Gasteiger charge is 2.21. The second-order valence-corrected chi connectivity index (χ2v) is 7.52. The van der Waals surface area contributed by atoms with E-state index in [9.17, 15) is 4.79 Å². The molecular weight excluding hydrogens is 390 g/mol. The van der Waals surface area contributed by atoms with Crippen molar-refractivity contribution >= 4 is 51.1 Å². The first-order valence-electron chi connectivity index (χ1n) is 7.65. The van der Waals surface area contributed by atoms with E-state index < -0.39 is 0 Å². The number of aryl methyl sites for hydroxylation is 2. The molecule has 3 rings (SSSR count). The van der Waals surface area contributed by atoms with E-state index in [1.54, 1.807) is 20.0 Å². The summed E-state index contributed by atoms with van der Waals surface area (Å²) in [5, 5.41) is 14.1. The lowest BCUT2D eigenvalue weighted by atomic mass is 10.2. The molecule has 3 aromatic heterocycles. The van der Waals surface area contributed by atoms with Crippen LogP contribution in [0.25, 0.3) is 10.7 Å². The molecule has 0 aliphatic rings. The maximum atomic E-state index is 12.6. The van der Waals surface area contributed by atoms with Gasteiger partial charge in [0.2, 0.25) is 0 Å². The monoisotopic (exact) mass is 407 g/mol. The van der Waals surface area contributed by atoms with Gasteiger partial charge in [-0.25, -0.2) is 4.98 Å². The van der Waals surface area contributed by atoms with Gasteiger partial charge in [-0.3, -0.25) is 19.8 Å². The first kappa shape index (κ1) is 18.4. The molecule has 3 aromatic rings. The average Bonchev–Trinajstić information content (AvgIpc) is 3.26. The number of nitrogens with zero attached hydrogens (tertiary/aromatic N) is 4. The fraction of sp³-hybridized carbons (Fsp3) is 0.267. The van der Waals surface area contributed by atoms with Crippen LogP contribution >= 0.6 is 35.1 Å². The fourth-order valence-corrected chi connectivity index (χ4v) is 4.32. The van der Waals surface area contributed by atoms with Gasteiger partial charge in [0.05, 0.1) is 21.8 Å². The van der Waals surface area contributed by atoms with Crippen LogP contribution in [-0.2, 0) is 6.54 Å². The number of hydrogen-bond donors (Lipinski definition) is 3. The highest BCUT2D eigenvalue weighted by molar-refractivity contribution is 7.71. The number of aromatic nitrogens is 5. The van der Waals surface area contributed by atoms with Crippen molar-refractivity contribution in [3.05, 3.63) is 34.4 Å². The summed E-state index contributed by atoms with van der Waals surface area (Å²) >= 11 is 7.85. The standard InChI is InChI=1S/C15H17N7OS3/c1-5-6-22-11(19-20-15(22)24)10-8(3)17-14(25-10)18-12(23)9-7(2)21-26-13(9)16-4/h5,16H,1,6H2,2-4H3,(H,20,24)(H,17,18,23). The van der Waals surface area contributed by atoms with Crippen molar-refractivity contribution in [2.24, 2.45) is 0 Å². The number of amides is 1. The molecule has 136 valence electrons. The van der Waals surface area contributed by atoms with Gasteiger partial charge in [-0.1, -0.05) is 17.4 Å². The van der Waals surface area contributed by atoms with Crippen LogP contribution in [0.3, 0.4) is 0 Å². The summed E-state index contributed by atoms with van der Waals surface area (Å²) in [6, 6.07) is 0. The molecule has 0 aromatic carbocycles. The summed E-state index contributed by atoms with van der Waals surface area (Å²) in [6.45, 7) is 7.95. The van der Waals surface area contributed by atoms with Crippen LogP contribution < -0.4 is 10.6 Å². The lowest BCUT2D eigenvalue weighted by Crippen LogP contribution is -2.13. The van der Waals surface area contributed by atoms with Gasteiger partial charge in [0.15, 0.2) is 15.7 Å². The molecule has 0 aliphatic carbocycles. The van der Waals surface area contributed by atoms with E-state index in [1.165, 1.54) is 22.9 Å². The van der Waals surface area contributed by atoms with Crippen LogP contribution in [-0.4, -0.2) is 37.1 Å². The van der Waals surface area contributed by atoms with E-state index in [4.69, 9.17) is 12.2 Å². The zero-order chi connectivity index (χ0) is 18.8. The predicted octanol–water partition coefficient (Wildman–Crippen LogP) is 3.62. The second-order valence-electron chi connectivity index (χ2n) is 5.36. The van der Waals surface area contributed by atoms with E-state index in [0.29, 0.717) is 33.5 Å². The zero-order valence-electron chi connectivity index (χ0n) is 14.4. The largest absolute Gasteiger partial charge is 0.378 e. The van der Waals surface area contributed by atoms with Crippen LogP contribution in [0.15, 0.2) is 12.7 Å². The summed E-state index contributed by atoms with van der Waals surface area (Å²) in [6.07, 6.45) is 1.75. The summed E-state index contributed by atoms with van der Waals surface area (Å²) < 4.78 is 6.56. The van der Waals surface area contributed by atoms with Gasteiger partial charge in [0.1, 0.15) is 5.00 Å². The van der Waals surface area contributed by atoms with E-state index in [2.05, 4.69) is 36.8 Å². The summed E-state index contributed by atoms with van der Waals surface area (Å²) in [7, 11) is 1.76. The molecule has 0 aliphatic heterocycles. The van der Waals surface area contributed by atoms with E-state index in [0.717, 1.165) is 15.6 Å². The molecule has 0 spiro atoms. The summed E-state index contributed by atoms with van der Waals surface area (Å²) in [5.41, 5.74) is 1.97. The molecule has 26 heavy (non-hydrogen) atoms. The van der Waals surface area contributed by atoms with E-state index in [-0.39, 0.29) is 5.91 Å². The Balaban J connectivity index is 1.92. The number of thiazole rings is 1. The smallest absolute Gasteiger partial charge is 0.262 e. The van der Waals surface area contributed by atoms with Gasteiger partial charge in [-0.15, -0.1) is 6.58 Å². The number of anilines is 2. The second kappa shape index (κ2) is 7.48. The maximum absolute atomic E-state index is 12.6. The molecular formula is C15H17N7OS3. The average molecular weight is 408 g/mol. The van der Waals surface area contributed by atoms with Gasteiger partial charge in [0.25, 0.3) is 5.91 Å². The minimum atomic E-state index is -0.245. The molecule has 8 nitrogen and oxygen atoms in total. The molecule has 1 amide bonds. The highest BCUT2D eigenvalue weighted by atomic mass is 32.1. The van der Waals surface area contributed by atoms with E-state index in [1.807, 2.05) is 11.5 Å². The minimum absolute atomic E-state index is 0.245. The van der Waals surface area contributed by atoms with Crippen molar-refractivity contribution in [1.29, 1.82) is 0 Å². The molecule has 0 radical (unpaired) electrons. The topological polar surface area (TPSA) is 101 Å². The lowest BCUT2D eigenvalue weighted by molar-refractivity contribution is 0.102. The van der Waals surface area contributed by atoms with Gasteiger partial charge >= 0.3 is 0 Å². The third-order valence-corrected chi connectivity index (χ3v) is 5.94. The van der Waals surface area contributed by atoms with Gasteiger partial charge < -0.3 is 5.32 Å². The van der Waals surface area contributed by atoms with Crippen molar-refractivity contribution in [1.82, 2.24) is 24.1 Å². The molecule has 0 saturated heterocycles. The number of carbonyl (C=O) groups excluding carboxylic acids is 1. The Morgan fingerprint density at radius 1 is 1.42 bits per heavy atom. The number of rotatable bonds is 6. The summed E-state index contributed by atoms with van der Waals surface area (Å²) in [5.74, 6) is 0.431. The molecule has 3 heterocycles. The number of allylic oxidation sites excluding steroid dienone is 1. The van der Waals surface area contributed by atoms with Crippen LogP contribution in [0.4, 0.5) is 10.1 Å². The van der Waals surface area contributed by atoms with E-state index >= 15 is 0 Å². The third kappa shape index (κ3) is 3.32. The Hall–Kier alpha value is -2.37. The van der Waals surface area contributed by atoms with Crippen LogP contribution in [0.2, 0.25) is 0 Å². The van der Waals surface area contributed by atoms with Gasteiger partial charge in [-0.2, -0.15) is 9.47 Å². The molecule has 11 heteroatoms. The van der Waals surface area contributed by atoms with Crippen molar-refractivity contribution in [3.8, 4) is 10.7 Å². The number of hydrogen-bond acceptors (Lipinski definition) is 8. The van der Waals surface area contributed by atoms with Crippen molar-refractivity contribution < 1.29 is 4.79 Å². The molecule has 0 fully saturated rings. The Bertz CT molecular complexity index is 1030. The minimum Gasteiger partial charge on any atom is -0.378 e.